The number of alkyl halides is 3. The molecule has 0 radical (unpaired) electrons. The number of halogens is 3. The zero-order valence-corrected chi connectivity index (χ0v) is 19.1. The zero-order chi connectivity index (χ0) is 24.2. The molecule has 2 unspecified atom stereocenters. The molecule has 33 heavy (non-hydrogen) atoms. The van der Waals surface area contributed by atoms with Crippen molar-refractivity contribution < 1.29 is 35.9 Å². The normalized spacial score (nSPS) is 22.2. The Hall–Kier alpha value is -2.18. The van der Waals surface area contributed by atoms with Crippen LogP contribution in [-0.2, 0) is 30.5 Å². The summed E-state index contributed by atoms with van der Waals surface area (Å²) in [6, 6.07) is 3.12. The van der Waals surface area contributed by atoms with Crippen molar-refractivity contribution in [2.24, 2.45) is 5.92 Å². The summed E-state index contributed by atoms with van der Waals surface area (Å²) in [5.41, 5.74) is -1.61. The second-order valence-electron chi connectivity index (χ2n) is 8.25. The van der Waals surface area contributed by atoms with E-state index in [4.69, 9.17) is 4.74 Å². The molecule has 184 valence electrons. The molecule has 0 saturated carbocycles. The second kappa shape index (κ2) is 10.4. The van der Waals surface area contributed by atoms with Gasteiger partial charge in [0, 0.05) is 25.4 Å². The van der Waals surface area contributed by atoms with E-state index in [-0.39, 0.29) is 18.0 Å². The monoisotopic (exact) mass is 491 g/mol. The van der Waals surface area contributed by atoms with Crippen LogP contribution >= 0.6 is 0 Å². The van der Waals surface area contributed by atoms with Gasteiger partial charge in [0.15, 0.2) is 0 Å². The number of anilines is 2. The summed E-state index contributed by atoms with van der Waals surface area (Å²) in [5.74, 6) is -2.00. The van der Waals surface area contributed by atoms with Gasteiger partial charge in [-0.3, -0.25) is 9.59 Å². The molecule has 0 spiro atoms. The van der Waals surface area contributed by atoms with Crippen molar-refractivity contribution in [1.82, 2.24) is 4.31 Å². The largest absolute Gasteiger partial charge is 0.418 e. The molecule has 2 aliphatic heterocycles. The lowest BCUT2D eigenvalue weighted by Gasteiger charge is -2.31. The molecule has 1 aromatic carbocycles. The van der Waals surface area contributed by atoms with Crippen molar-refractivity contribution in [2.45, 2.75) is 51.3 Å². The van der Waals surface area contributed by atoms with Gasteiger partial charge in [0.2, 0.25) is 15.9 Å². The number of benzene rings is 1. The van der Waals surface area contributed by atoms with Crippen molar-refractivity contribution >= 4 is 33.2 Å². The Balaban J connectivity index is 1.73. The van der Waals surface area contributed by atoms with Crippen molar-refractivity contribution in [3.05, 3.63) is 23.8 Å². The fourth-order valence-corrected chi connectivity index (χ4v) is 5.59. The van der Waals surface area contributed by atoms with Crippen LogP contribution in [0.15, 0.2) is 18.2 Å². The van der Waals surface area contributed by atoms with Gasteiger partial charge in [0.05, 0.1) is 22.9 Å². The Bertz CT molecular complexity index is 978. The maximum atomic E-state index is 13.7. The molecule has 0 aliphatic carbocycles. The van der Waals surface area contributed by atoms with E-state index in [0.717, 1.165) is 12.1 Å². The minimum atomic E-state index is -4.78. The van der Waals surface area contributed by atoms with Gasteiger partial charge in [-0.1, -0.05) is 6.92 Å². The lowest BCUT2D eigenvalue weighted by Crippen LogP contribution is -2.44. The number of carbonyl (C=O) groups excluding carboxylic acids is 2. The van der Waals surface area contributed by atoms with Crippen LogP contribution in [0, 0.1) is 5.92 Å². The van der Waals surface area contributed by atoms with E-state index in [1.54, 1.807) is 6.92 Å². The number of nitrogens with one attached hydrogen (secondary N) is 2. The zero-order valence-electron chi connectivity index (χ0n) is 18.3. The van der Waals surface area contributed by atoms with E-state index in [1.165, 1.54) is 10.4 Å². The lowest BCUT2D eigenvalue weighted by atomic mass is 9.98. The molecule has 0 aromatic heterocycles. The van der Waals surface area contributed by atoms with E-state index < -0.39 is 51.3 Å². The summed E-state index contributed by atoms with van der Waals surface area (Å²) in [7, 11) is -3.51. The highest BCUT2D eigenvalue weighted by molar-refractivity contribution is 7.89. The number of amides is 2. The average Bonchev–Trinajstić information content (AvgIpc) is 3.29. The van der Waals surface area contributed by atoms with Gasteiger partial charge in [0.25, 0.3) is 5.91 Å². The molecule has 8 nitrogen and oxygen atoms in total. The molecule has 3 rings (SSSR count). The Morgan fingerprint density at radius 2 is 1.91 bits per heavy atom. The number of nitrogens with zero attached hydrogens (tertiary/aromatic N) is 1. The molecule has 1 aromatic rings. The van der Waals surface area contributed by atoms with Gasteiger partial charge in [-0.25, -0.2) is 12.7 Å². The van der Waals surface area contributed by atoms with Gasteiger partial charge < -0.3 is 15.4 Å². The van der Waals surface area contributed by atoms with E-state index in [0.29, 0.717) is 45.3 Å². The summed E-state index contributed by atoms with van der Waals surface area (Å²) in [5, 5.41) is 4.73. The van der Waals surface area contributed by atoms with Crippen LogP contribution in [-0.4, -0.2) is 56.1 Å². The van der Waals surface area contributed by atoms with Crippen LogP contribution in [0.4, 0.5) is 24.5 Å². The van der Waals surface area contributed by atoms with Crippen molar-refractivity contribution in [2.75, 3.05) is 36.1 Å². The van der Waals surface area contributed by atoms with Crippen molar-refractivity contribution in [1.29, 1.82) is 0 Å². The number of rotatable bonds is 7. The predicted molar refractivity (Wildman–Crippen MR) is 116 cm³/mol. The third-order valence-corrected chi connectivity index (χ3v) is 7.73. The average molecular weight is 492 g/mol. The molecule has 2 fully saturated rings. The van der Waals surface area contributed by atoms with Gasteiger partial charge in [0.1, 0.15) is 6.10 Å². The molecule has 2 aliphatic rings. The Morgan fingerprint density at radius 1 is 1.15 bits per heavy atom. The Kier molecular flexibility index (Phi) is 8.01. The van der Waals surface area contributed by atoms with Crippen molar-refractivity contribution in [3.63, 3.8) is 0 Å². The molecule has 2 heterocycles. The molecule has 2 saturated heterocycles. The van der Waals surface area contributed by atoms with Gasteiger partial charge >= 0.3 is 6.18 Å². The number of hydrogen-bond donors (Lipinski definition) is 2. The minimum absolute atomic E-state index is 0.0430. The fraction of sp³-hybridized carbons (Fsp3) is 0.619. The summed E-state index contributed by atoms with van der Waals surface area (Å²) < 4.78 is 72.2. The SMILES string of the molecule is CCCS(=O)(=O)N1CCCC(C(=O)Nc2ccc(NC(=O)C3CCCO3)cc2C(F)(F)F)C1. The molecule has 0 bridgehead atoms. The first-order chi connectivity index (χ1) is 15.5. The van der Waals surface area contributed by atoms with E-state index in [2.05, 4.69) is 10.6 Å². The van der Waals surface area contributed by atoms with Crippen molar-refractivity contribution in [3.8, 4) is 0 Å². The number of carbonyl (C=O) groups is 2. The van der Waals surface area contributed by atoms with Crippen LogP contribution < -0.4 is 10.6 Å². The smallest absolute Gasteiger partial charge is 0.368 e. The molecule has 2 atom stereocenters. The standard InChI is InChI=1S/C21H28F3N3O5S/c1-2-11-33(30,31)27-9-3-5-14(13-27)19(28)26-17-8-7-15(12-16(17)21(22,23)24)25-20(29)18-6-4-10-32-18/h7-8,12,14,18H,2-6,9-11,13H2,1H3,(H,25,29)(H,26,28). The topological polar surface area (TPSA) is 105 Å². The van der Waals surface area contributed by atoms with Crippen LogP contribution in [0.25, 0.3) is 0 Å². The quantitative estimate of drug-likeness (QED) is 0.610. The summed E-state index contributed by atoms with van der Waals surface area (Å²) in [6.07, 6.45) is -3.02. The number of hydrogen-bond acceptors (Lipinski definition) is 5. The molecule has 12 heteroatoms. The first-order valence-electron chi connectivity index (χ1n) is 10.9. The van der Waals surface area contributed by atoms with E-state index in [9.17, 15) is 31.2 Å². The first kappa shape index (κ1) is 25.4. The van der Waals surface area contributed by atoms with Crippen LogP contribution in [0.5, 0.6) is 0 Å². The summed E-state index contributed by atoms with van der Waals surface area (Å²) in [6.45, 7) is 2.39. The van der Waals surface area contributed by atoms with Crippen LogP contribution in [0.3, 0.4) is 0 Å². The molecular formula is C21H28F3N3O5S. The number of ether oxygens (including phenoxy) is 1. The predicted octanol–water partition coefficient (Wildman–Crippen LogP) is 3.21. The summed E-state index contributed by atoms with van der Waals surface area (Å²) in [4.78, 5) is 24.9. The third-order valence-electron chi connectivity index (χ3n) is 5.68. The van der Waals surface area contributed by atoms with Gasteiger partial charge in [-0.2, -0.15) is 13.2 Å². The molecular weight excluding hydrogens is 463 g/mol. The number of piperidine rings is 1. The van der Waals surface area contributed by atoms with Crippen LogP contribution in [0.1, 0.15) is 44.6 Å². The maximum Gasteiger partial charge on any atom is 0.418 e. The molecule has 2 N–H and O–H groups in total. The third kappa shape index (κ3) is 6.45. The van der Waals surface area contributed by atoms with E-state index in [1.807, 2.05) is 0 Å². The van der Waals surface area contributed by atoms with E-state index >= 15 is 0 Å². The van der Waals surface area contributed by atoms with Crippen LogP contribution in [0.2, 0.25) is 0 Å². The highest BCUT2D eigenvalue weighted by atomic mass is 32.2. The highest BCUT2D eigenvalue weighted by Crippen LogP contribution is 2.37. The minimum Gasteiger partial charge on any atom is -0.368 e. The van der Waals surface area contributed by atoms with Gasteiger partial charge in [-0.15, -0.1) is 0 Å². The second-order valence-corrected chi connectivity index (χ2v) is 10.3. The number of sulfonamides is 1. The highest BCUT2D eigenvalue weighted by Gasteiger charge is 2.36. The summed E-state index contributed by atoms with van der Waals surface area (Å²) >= 11 is 0. The molecule has 2 amide bonds. The Morgan fingerprint density at radius 3 is 2.55 bits per heavy atom. The van der Waals surface area contributed by atoms with Gasteiger partial charge in [-0.05, 0) is 50.3 Å². The maximum absolute atomic E-state index is 13.7. The fourth-order valence-electron chi connectivity index (χ4n) is 4.00. The lowest BCUT2D eigenvalue weighted by molar-refractivity contribution is -0.137. The Labute approximate surface area is 190 Å². The first-order valence-corrected chi connectivity index (χ1v) is 12.5.